The fourth-order valence-electron chi connectivity index (χ4n) is 1.62. The summed E-state index contributed by atoms with van der Waals surface area (Å²) in [5, 5.41) is 11.3. The number of hydrogen-bond acceptors (Lipinski definition) is 3. The van der Waals surface area contributed by atoms with Crippen LogP contribution in [-0.2, 0) is 4.79 Å². The Labute approximate surface area is 114 Å². The van der Waals surface area contributed by atoms with Crippen LogP contribution in [0.5, 0.6) is 0 Å². The molecule has 0 heterocycles. The number of carboxylic acid groups (broad SMARTS) is 1. The van der Waals surface area contributed by atoms with Crippen molar-refractivity contribution in [2.45, 2.75) is 20.3 Å². The summed E-state index contributed by atoms with van der Waals surface area (Å²) in [4.78, 5) is 25.6. The van der Waals surface area contributed by atoms with Crippen LogP contribution in [-0.4, -0.2) is 66.2 Å². The maximum absolute atomic E-state index is 11.7. The van der Waals surface area contributed by atoms with Crippen LogP contribution in [0.1, 0.15) is 20.3 Å². The van der Waals surface area contributed by atoms with Crippen LogP contribution in [0.15, 0.2) is 0 Å². The third-order valence-electron chi connectivity index (χ3n) is 2.72. The van der Waals surface area contributed by atoms with Crippen molar-refractivity contribution < 1.29 is 14.7 Å². The summed E-state index contributed by atoms with van der Waals surface area (Å²) in [7, 11) is 0. The van der Waals surface area contributed by atoms with Crippen molar-refractivity contribution in [3.63, 3.8) is 0 Å². The van der Waals surface area contributed by atoms with E-state index in [1.807, 2.05) is 0 Å². The lowest BCUT2D eigenvalue weighted by atomic mass is 10.3. The Balaban J connectivity index is 3.99. The highest BCUT2D eigenvalue weighted by atomic mass is 16.4. The van der Waals surface area contributed by atoms with Crippen LogP contribution in [0.3, 0.4) is 0 Å². The van der Waals surface area contributed by atoms with Gasteiger partial charge in [-0.2, -0.15) is 0 Å². The molecule has 0 saturated heterocycles. The zero-order valence-corrected chi connectivity index (χ0v) is 11.7. The highest BCUT2D eigenvalue weighted by molar-refractivity contribution is 5.80. The van der Waals surface area contributed by atoms with Gasteiger partial charge in [-0.3, -0.25) is 4.79 Å². The van der Waals surface area contributed by atoms with Crippen molar-refractivity contribution in [3.8, 4) is 12.3 Å². The minimum absolute atomic E-state index is 0.00578. The van der Waals surface area contributed by atoms with Crippen LogP contribution in [0.25, 0.3) is 0 Å². The van der Waals surface area contributed by atoms with Gasteiger partial charge in [-0.25, -0.2) is 4.79 Å². The van der Waals surface area contributed by atoms with Gasteiger partial charge in [-0.05, 0) is 26.1 Å². The number of carboxylic acids is 1. The van der Waals surface area contributed by atoms with E-state index in [2.05, 4.69) is 30.0 Å². The lowest BCUT2D eigenvalue weighted by molar-refractivity contribution is -0.137. The Bertz CT molecular complexity index is 322. The van der Waals surface area contributed by atoms with Gasteiger partial charge in [-0.15, -0.1) is 6.42 Å². The van der Waals surface area contributed by atoms with E-state index in [1.165, 1.54) is 0 Å². The average Bonchev–Trinajstić information content (AvgIpc) is 2.37. The Hall–Kier alpha value is -1.74. The van der Waals surface area contributed by atoms with Gasteiger partial charge >= 0.3 is 12.0 Å². The number of nitrogens with one attached hydrogen (secondary N) is 1. The molecule has 6 heteroatoms. The number of urea groups is 1. The molecule has 0 aliphatic heterocycles. The van der Waals surface area contributed by atoms with E-state index in [1.54, 1.807) is 0 Å². The number of hydrogen-bond donors (Lipinski definition) is 2. The van der Waals surface area contributed by atoms with Crippen molar-refractivity contribution in [1.82, 2.24) is 15.1 Å². The summed E-state index contributed by atoms with van der Waals surface area (Å²) in [5.41, 5.74) is 0. The number of carbonyl (C=O) groups is 2. The normalized spacial score (nSPS) is 10.0. The maximum atomic E-state index is 11.7. The zero-order chi connectivity index (χ0) is 14.7. The number of aliphatic carboxylic acids is 1. The van der Waals surface area contributed by atoms with Crippen LogP contribution in [0.2, 0.25) is 0 Å². The summed E-state index contributed by atoms with van der Waals surface area (Å²) in [6, 6.07) is -0.431. The molecule has 0 aliphatic rings. The molecule has 0 radical (unpaired) electrons. The first-order valence-electron chi connectivity index (χ1n) is 6.45. The smallest absolute Gasteiger partial charge is 0.323 e. The summed E-state index contributed by atoms with van der Waals surface area (Å²) in [6.45, 7) is 7.16. The van der Waals surface area contributed by atoms with Crippen molar-refractivity contribution in [2.24, 2.45) is 0 Å². The third kappa shape index (κ3) is 8.06. The van der Waals surface area contributed by atoms with Crippen molar-refractivity contribution in [1.29, 1.82) is 0 Å². The Morgan fingerprint density at radius 1 is 1.32 bits per heavy atom. The molecule has 0 aromatic carbocycles. The molecule has 108 valence electrons. The van der Waals surface area contributed by atoms with Gasteiger partial charge in [0.25, 0.3) is 0 Å². The van der Waals surface area contributed by atoms with Crippen molar-refractivity contribution >= 4 is 12.0 Å². The second-order valence-corrected chi connectivity index (χ2v) is 4.07. The zero-order valence-electron chi connectivity index (χ0n) is 11.7. The van der Waals surface area contributed by atoms with E-state index < -0.39 is 12.0 Å². The SMILES string of the molecule is C#CCN(CC(=O)O)C(=O)NCCCN(CC)CC. The first kappa shape index (κ1) is 17.3. The first-order valence-corrected chi connectivity index (χ1v) is 6.45. The fraction of sp³-hybridized carbons (Fsp3) is 0.692. The van der Waals surface area contributed by atoms with Crippen LogP contribution < -0.4 is 5.32 Å². The molecule has 0 spiro atoms. The van der Waals surface area contributed by atoms with E-state index in [4.69, 9.17) is 11.5 Å². The molecule has 19 heavy (non-hydrogen) atoms. The average molecular weight is 269 g/mol. The molecule has 0 aliphatic carbocycles. The molecule has 0 fully saturated rings. The molecule has 2 N–H and O–H groups in total. The van der Waals surface area contributed by atoms with E-state index >= 15 is 0 Å². The second kappa shape index (κ2) is 10.2. The highest BCUT2D eigenvalue weighted by Gasteiger charge is 2.14. The van der Waals surface area contributed by atoms with Crippen LogP contribution in [0, 0.1) is 12.3 Å². The molecule has 0 bridgehead atoms. The number of rotatable bonds is 9. The fourth-order valence-corrected chi connectivity index (χ4v) is 1.62. The molecule has 0 atom stereocenters. The summed E-state index contributed by atoms with van der Waals surface area (Å²) in [6.07, 6.45) is 5.93. The van der Waals surface area contributed by atoms with Crippen molar-refractivity contribution in [3.05, 3.63) is 0 Å². The van der Waals surface area contributed by atoms with E-state index in [-0.39, 0.29) is 13.1 Å². The molecule has 0 unspecified atom stereocenters. The van der Waals surface area contributed by atoms with Crippen LogP contribution in [0.4, 0.5) is 4.79 Å². The molecular formula is C13H23N3O3. The van der Waals surface area contributed by atoms with Crippen molar-refractivity contribution in [2.75, 3.05) is 39.3 Å². The minimum Gasteiger partial charge on any atom is -0.480 e. The maximum Gasteiger partial charge on any atom is 0.323 e. The van der Waals surface area contributed by atoms with Gasteiger partial charge in [-0.1, -0.05) is 19.8 Å². The molecule has 2 amide bonds. The lowest BCUT2D eigenvalue weighted by Crippen LogP contribution is -2.43. The van der Waals surface area contributed by atoms with Gasteiger partial charge in [0.1, 0.15) is 6.54 Å². The number of nitrogens with zero attached hydrogens (tertiary/aromatic N) is 2. The van der Waals surface area contributed by atoms with E-state index in [0.29, 0.717) is 6.54 Å². The van der Waals surface area contributed by atoms with E-state index in [9.17, 15) is 9.59 Å². The Kier molecular flexibility index (Phi) is 9.27. The highest BCUT2D eigenvalue weighted by Crippen LogP contribution is 1.92. The summed E-state index contributed by atoms with van der Waals surface area (Å²) in [5.74, 6) is 1.20. The Morgan fingerprint density at radius 2 is 1.95 bits per heavy atom. The van der Waals surface area contributed by atoms with Gasteiger partial charge < -0.3 is 20.2 Å². The monoisotopic (exact) mass is 269 g/mol. The molecular weight excluding hydrogens is 246 g/mol. The van der Waals surface area contributed by atoms with Gasteiger partial charge in [0.15, 0.2) is 0 Å². The summed E-state index contributed by atoms with van der Waals surface area (Å²) < 4.78 is 0. The lowest BCUT2D eigenvalue weighted by Gasteiger charge is -2.20. The quantitative estimate of drug-likeness (QED) is 0.471. The molecule has 0 aromatic rings. The predicted molar refractivity (Wildman–Crippen MR) is 73.8 cm³/mol. The largest absolute Gasteiger partial charge is 0.480 e. The topological polar surface area (TPSA) is 72.9 Å². The number of terminal acetylenes is 1. The standard InChI is InChI=1S/C13H23N3O3/c1-4-9-16(11-12(17)18)13(19)14-8-7-10-15(5-2)6-3/h1H,5-11H2,2-3H3,(H,14,19)(H,17,18). The van der Waals surface area contributed by atoms with Gasteiger partial charge in [0.05, 0.1) is 6.54 Å². The molecule has 0 aromatic heterocycles. The predicted octanol–water partition coefficient (Wildman–Crippen LogP) is 0.448. The second-order valence-electron chi connectivity index (χ2n) is 4.07. The van der Waals surface area contributed by atoms with Gasteiger partial charge in [0, 0.05) is 6.54 Å². The Morgan fingerprint density at radius 3 is 2.42 bits per heavy atom. The van der Waals surface area contributed by atoms with E-state index in [0.717, 1.165) is 31.0 Å². The molecule has 0 rings (SSSR count). The minimum atomic E-state index is -1.08. The molecule has 0 saturated carbocycles. The van der Waals surface area contributed by atoms with Gasteiger partial charge in [0.2, 0.25) is 0 Å². The van der Waals surface area contributed by atoms with Crippen LogP contribution >= 0.6 is 0 Å². The molecule has 6 nitrogen and oxygen atoms in total. The number of amides is 2. The summed E-state index contributed by atoms with van der Waals surface area (Å²) >= 11 is 0. The first-order chi connectivity index (χ1) is 9.04. The third-order valence-corrected chi connectivity index (χ3v) is 2.72. The number of carbonyl (C=O) groups excluding carboxylic acids is 1.